The number of piperidine rings is 1. The maximum Gasteiger partial charge on any atom is 0.255 e. The number of aliphatic hydroxyl groups is 2. The number of benzene rings is 2. The fourth-order valence-electron chi connectivity index (χ4n) is 3.97. The zero-order valence-electron chi connectivity index (χ0n) is 18.1. The molecule has 1 saturated heterocycles. The van der Waals surface area contributed by atoms with Crippen molar-refractivity contribution in [2.75, 3.05) is 26.7 Å². The van der Waals surface area contributed by atoms with Crippen molar-refractivity contribution >= 4 is 35.8 Å². The normalized spacial score (nSPS) is 16.3. The highest BCUT2D eigenvalue weighted by atomic mass is 35.5. The summed E-state index contributed by atoms with van der Waals surface area (Å²) in [6.45, 7) is 4.21. The van der Waals surface area contributed by atoms with Gasteiger partial charge in [0.2, 0.25) is 0 Å². The Morgan fingerprint density at radius 2 is 1.88 bits per heavy atom. The first-order chi connectivity index (χ1) is 15.2. The number of halogens is 1. The minimum atomic E-state index is -1.13. The van der Waals surface area contributed by atoms with Crippen LogP contribution in [0.1, 0.15) is 28.8 Å². The molecule has 0 saturated carbocycles. The third kappa shape index (κ3) is 5.73. The van der Waals surface area contributed by atoms with Gasteiger partial charge in [-0.1, -0.05) is 41.9 Å². The Morgan fingerprint density at radius 1 is 1.22 bits per heavy atom. The summed E-state index contributed by atoms with van der Waals surface area (Å²) in [7, 11) is 1.61. The van der Waals surface area contributed by atoms with E-state index in [9.17, 15) is 19.8 Å². The highest BCUT2D eigenvalue weighted by Crippen LogP contribution is 2.27. The van der Waals surface area contributed by atoms with Crippen LogP contribution in [0.4, 0.5) is 5.69 Å². The van der Waals surface area contributed by atoms with E-state index in [0.29, 0.717) is 42.2 Å². The summed E-state index contributed by atoms with van der Waals surface area (Å²) < 4.78 is 0. The first-order valence-corrected chi connectivity index (χ1v) is 10.8. The number of carbonyl (C=O) groups is 2. The number of amides is 2. The van der Waals surface area contributed by atoms with Crippen molar-refractivity contribution in [3.05, 3.63) is 64.7 Å². The Bertz CT molecular complexity index is 974. The van der Waals surface area contributed by atoms with E-state index in [4.69, 9.17) is 11.6 Å². The van der Waals surface area contributed by atoms with E-state index in [1.54, 1.807) is 30.1 Å². The van der Waals surface area contributed by atoms with Crippen LogP contribution in [0.2, 0.25) is 5.02 Å². The van der Waals surface area contributed by atoms with Gasteiger partial charge in [0.05, 0.1) is 16.9 Å². The number of rotatable bonds is 7. The van der Waals surface area contributed by atoms with Gasteiger partial charge in [-0.3, -0.25) is 14.6 Å². The molecule has 1 aliphatic rings. The molecule has 2 aromatic carbocycles. The van der Waals surface area contributed by atoms with Gasteiger partial charge in [-0.15, -0.1) is 0 Å². The van der Waals surface area contributed by atoms with E-state index in [-0.39, 0.29) is 24.8 Å². The Hall–Kier alpha value is -2.74. The summed E-state index contributed by atoms with van der Waals surface area (Å²) in [6.07, 6.45) is -0.260. The van der Waals surface area contributed by atoms with E-state index < -0.39 is 11.7 Å². The average molecular weight is 458 g/mol. The predicted molar refractivity (Wildman–Crippen MR) is 125 cm³/mol. The molecule has 1 heterocycles. The van der Waals surface area contributed by atoms with Crippen LogP contribution in [0.25, 0.3) is 0 Å². The molecule has 1 aliphatic heterocycles. The molecule has 3 rings (SSSR count). The van der Waals surface area contributed by atoms with Crippen molar-refractivity contribution in [2.45, 2.75) is 31.0 Å². The second-order valence-corrected chi connectivity index (χ2v) is 8.67. The fourth-order valence-corrected chi connectivity index (χ4v) is 4.14. The third-order valence-electron chi connectivity index (χ3n) is 5.80. The van der Waals surface area contributed by atoms with Crippen molar-refractivity contribution in [1.29, 1.82) is 0 Å². The Kier molecular flexibility index (Phi) is 7.66. The Morgan fingerprint density at radius 3 is 2.50 bits per heavy atom. The van der Waals surface area contributed by atoms with E-state index in [1.807, 2.05) is 30.3 Å². The van der Waals surface area contributed by atoms with Crippen molar-refractivity contribution in [3.8, 4) is 0 Å². The summed E-state index contributed by atoms with van der Waals surface area (Å²) in [6, 6.07) is 14.1. The molecule has 2 aromatic rings. The maximum absolute atomic E-state index is 12.9. The third-order valence-corrected chi connectivity index (χ3v) is 6.04. The molecule has 1 fully saturated rings. The molecule has 7 nitrogen and oxygen atoms in total. The molecule has 32 heavy (non-hydrogen) atoms. The zero-order valence-corrected chi connectivity index (χ0v) is 18.8. The summed E-state index contributed by atoms with van der Waals surface area (Å²) in [5.41, 5.74) is 0.499. The minimum Gasteiger partial charge on any atom is -0.388 e. The number of likely N-dealkylation sites (tertiary alicyclic amines) is 1. The molecule has 0 bridgehead atoms. The first-order valence-electron chi connectivity index (χ1n) is 10.5. The van der Waals surface area contributed by atoms with Gasteiger partial charge < -0.3 is 20.0 Å². The average Bonchev–Trinajstić information content (AvgIpc) is 2.79. The molecule has 8 heteroatoms. The van der Waals surface area contributed by atoms with Crippen LogP contribution in [-0.2, 0) is 11.2 Å². The largest absolute Gasteiger partial charge is 0.388 e. The summed E-state index contributed by atoms with van der Waals surface area (Å²) in [5.74, 6) is -0.641. The van der Waals surface area contributed by atoms with Gasteiger partial charge in [-0.05, 0) is 43.3 Å². The molecule has 0 unspecified atom stereocenters. The molecule has 0 radical (unpaired) electrons. The number of aliphatic hydroxyl groups excluding tert-OH is 1. The van der Waals surface area contributed by atoms with Crippen LogP contribution in [-0.4, -0.2) is 76.9 Å². The monoisotopic (exact) mass is 457 g/mol. The van der Waals surface area contributed by atoms with Crippen LogP contribution in [0.5, 0.6) is 0 Å². The van der Waals surface area contributed by atoms with Crippen LogP contribution >= 0.6 is 11.6 Å². The van der Waals surface area contributed by atoms with Gasteiger partial charge in [0.15, 0.2) is 0 Å². The van der Waals surface area contributed by atoms with Gasteiger partial charge in [0.1, 0.15) is 6.10 Å². The molecule has 170 valence electrons. The number of likely N-dealkylation sites (N-methyl/N-ethyl adjacent to an activating group) is 1. The number of hydrogen-bond donors (Lipinski definition) is 2. The molecular formula is C24H28ClN3O4. The smallest absolute Gasteiger partial charge is 0.255 e. The van der Waals surface area contributed by atoms with Crippen molar-refractivity contribution in [3.63, 3.8) is 0 Å². The van der Waals surface area contributed by atoms with Gasteiger partial charge in [0, 0.05) is 38.1 Å². The van der Waals surface area contributed by atoms with Gasteiger partial charge in [-0.25, -0.2) is 0 Å². The van der Waals surface area contributed by atoms with E-state index >= 15 is 0 Å². The lowest BCUT2D eigenvalue weighted by Crippen LogP contribution is -2.54. The lowest BCUT2D eigenvalue weighted by molar-refractivity contribution is -0.144. The van der Waals surface area contributed by atoms with E-state index in [0.717, 1.165) is 5.56 Å². The lowest BCUT2D eigenvalue weighted by atomic mass is 9.90. The lowest BCUT2D eigenvalue weighted by Gasteiger charge is -2.40. The van der Waals surface area contributed by atoms with E-state index in [2.05, 4.69) is 11.7 Å². The number of carbonyl (C=O) groups excluding carboxylic acids is 2. The summed E-state index contributed by atoms with van der Waals surface area (Å²) in [4.78, 5) is 32.4. The quantitative estimate of drug-likeness (QED) is 0.625. The number of hydrogen-bond acceptors (Lipinski definition) is 5. The Labute approximate surface area is 192 Å². The second kappa shape index (κ2) is 10.3. The highest BCUT2D eigenvalue weighted by Gasteiger charge is 2.37. The first kappa shape index (κ1) is 23.9. The molecule has 1 atom stereocenters. The molecule has 2 N–H and O–H groups in total. The maximum atomic E-state index is 12.9. The zero-order chi connectivity index (χ0) is 23.3. The topological polar surface area (TPSA) is 93.4 Å². The van der Waals surface area contributed by atoms with Gasteiger partial charge in [-0.2, -0.15) is 0 Å². The highest BCUT2D eigenvalue weighted by molar-refractivity contribution is 6.31. The number of nitrogens with zero attached hydrogens (tertiary/aromatic N) is 3. The summed E-state index contributed by atoms with van der Waals surface area (Å²) in [5, 5.41) is 21.8. The predicted octanol–water partition coefficient (Wildman–Crippen LogP) is 2.70. The van der Waals surface area contributed by atoms with Crippen molar-refractivity contribution in [1.82, 2.24) is 9.80 Å². The van der Waals surface area contributed by atoms with Crippen LogP contribution in [0, 0.1) is 0 Å². The van der Waals surface area contributed by atoms with Crippen LogP contribution in [0.3, 0.4) is 0 Å². The SMILES string of the molecule is C=Nc1cc(Cl)ccc1C(=O)N(C)CC1(O)CCN(C(=O)[C@@H](O)Cc2ccccc2)CC1. The van der Waals surface area contributed by atoms with Crippen LogP contribution in [0.15, 0.2) is 53.5 Å². The standard InChI is InChI=1S/C24H28ClN3O4/c1-26-20-15-18(25)8-9-19(20)22(30)27(2)16-24(32)10-12-28(13-11-24)23(31)21(29)14-17-6-4-3-5-7-17/h3-9,15,21,29,32H,1,10-14,16H2,2H3/t21-/m0/s1. The molecule has 0 aromatic heterocycles. The molecule has 0 aliphatic carbocycles. The molecule has 2 amide bonds. The molecular weight excluding hydrogens is 430 g/mol. The van der Waals surface area contributed by atoms with Crippen molar-refractivity contribution < 1.29 is 19.8 Å². The second-order valence-electron chi connectivity index (χ2n) is 8.24. The van der Waals surface area contributed by atoms with Gasteiger partial charge in [0.25, 0.3) is 11.8 Å². The summed E-state index contributed by atoms with van der Waals surface area (Å²) >= 11 is 5.96. The number of aliphatic imine (C=N–C) groups is 1. The van der Waals surface area contributed by atoms with Crippen molar-refractivity contribution in [2.24, 2.45) is 4.99 Å². The Balaban J connectivity index is 1.57. The minimum absolute atomic E-state index is 0.111. The fraction of sp³-hybridized carbons (Fsp3) is 0.375. The van der Waals surface area contributed by atoms with E-state index in [1.165, 1.54) is 4.90 Å². The van der Waals surface area contributed by atoms with Gasteiger partial charge >= 0.3 is 0 Å². The van der Waals surface area contributed by atoms with Crippen LogP contribution < -0.4 is 0 Å². The molecule has 0 spiro atoms.